The molecule has 1 rings (SSSR count). The molecule has 0 aliphatic heterocycles. The third-order valence-electron chi connectivity index (χ3n) is 1.51. The number of halogens is 2. The monoisotopic (exact) mass is 180 g/mol. The number of rotatable bonds is 3. The second-order valence-corrected chi connectivity index (χ2v) is 2.79. The molecule has 0 saturated heterocycles. The van der Waals surface area contributed by atoms with Crippen LogP contribution in [0.2, 0.25) is 0 Å². The molecule has 0 atom stereocenters. The Labute approximate surface area is 68.8 Å². The van der Waals surface area contributed by atoms with Gasteiger partial charge in [-0.2, -0.15) is 0 Å². The van der Waals surface area contributed by atoms with E-state index in [9.17, 15) is 4.79 Å². The second kappa shape index (κ2) is 2.81. The van der Waals surface area contributed by atoms with E-state index >= 15 is 0 Å². The molecule has 4 heteroatoms. The Kier molecular flexibility index (Phi) is 2.21. The first kappa shape index (κ1) is 7.89. The number of ether oxygens (including phenoxy) is 1. The van der Waals surface area contributed by atoms with Gasteiger partial charge >= 0.3 is 0 Å². The van der Waals surface area contributed by atoms with Crippen molar-refractivity contribution < 1.29 is 9.53 Å². The molecule has 1 saturated carbocycles. The van der Waals surface area contributed by atoms with Crippen LogP contribution in [0, 0.1) is 0 Å². The van der Waals surface area contributed by atoms with Crippen LogP contribution in [0.15, 0.2) is 10.6 Å². The van der Waals surface area contributed by atoms with Crippen LogP contribution < -0.4 is 0 Å². The quantitative estimate of drug-likeness (QED) is 0.622. The SMILES string of the molecule is O=COC1(C(Cl)=CCl)CC1. The van der Waals surface area contributed by atoms with Gasteiger partial charge in [0.15, 0.2) is 0 Å². The summed E-state index contributed by atoms with van der Waals surface area (Å²) in [6, 6.07) is 0. The Hall–Kier alpha value is -0.210. The Morgan fingerprint density at radius 3 is 2.50 bits per heavy atom. The fraction of sp³-hybridized carbons (Fsp3) is 0.500. The van der Waals surface area contributed by atoms with Crippen molar-refractivity contribution in [2.75, 3.05) is 0 Å². The van der Waals surface area contributed by atoms with Crippen LogP contribution in [0.4, 0.5) is 0 Å². The van der Waals surface area contributed by atoms with Gasteiger partial charge in [-0.05, 0) is 12.8 Å². The van der Waals surface area contributed by atoms with Crippen LogP contribution in [-0.2, 0) is 9.53 Å². The number of carbonyl (C=O) groups is 1. The lowest BCUT2D eigenvalue weighted by Gasteiger charge is -2.09. The number of hydrogen-bond acceptors (Lipinski definition) is 2. The van der Waals surface area contributed by atoms with E-state index in [1.165, 1.54) is 5.54 Å². The highest BCUT2D eigenvalue weighted by Crippen LogP contribution is 2.47. The van der Waals surface area contributed by atoms with E-state index in [1.54, 1.807) is 0 Å². The second-order valence-electron chi connectivity index (χ2n) is 2.17. The maximum Gasteiger partial charge on any atom is 0.294 e. The molecular formula is C6H6Cl2O2. The molecule has 1 aliphatic rings. The summed E-state index contributed by atoms with van der Waals surface area (Å²) in [5.74, 6) is 0. The van der Waals surface area contributed by atoms with Gasteiger partial charge in [-0.3, -0.25) is 4.79 Å². The normalized spacial score (nSPS) is 22.0. The van der Waals surface area contributed by atoms with Gasteiger partial charge in [0.25, 0.3) is 6.47 Å². The van der Waals surface area contributed by atoms with Gasteiger partial charge in [0, 0.05) is 5.54 Å². The lowest BCUT2D eigenvalue weighted by atomic mass is 10.3. The van der Waals surface area contributed by atoms with Gasteiger partial charge in [-0.15, -0.1) is 0 Å². The minimum atomic E-state index is -0.564. The minimum Gasteiger partial charge on any atom is -0.455 e. The van der Waals surface area contributed by atoms with E-state index < -0.39 is 5.60 Å². The summed E-state index contributed by atoms with van der Waals surface area (Å²) in [4.78, 5) is 9.93. The predicted molar refractivity (Wildman–Crippen MR) is 38.9 cm³/mol. The molecule has 1 fully saturated rings. The van der Waals surface area contributed by atoms with E-state index in [2.05, 4.69) is 0 Å². The molecule has 2 nitrogen and oxygen atoms in total. The highest BCUT2D eigenvalue weighted by molar-refractivity contribution is 6.37. The van der Waals surface area contributed by atoms with E-state index in [4.69, 9.17) is 27.9 Å². The van der Waals surface area contributed by atoms with E-state index in [-0.39, 0.29) is 0 Å². The summed E-state index contributed by atoms with van der Waals surface area (Å²) < 4.78 is 4.73. The summed E-state index contributed by atoms with van der Waals surface area (Å²) in [5, 5.41) is 0.404. The molecule has 0 radical (unpaired) electrons. The molecule has 0 spiro atoms. The fourth-order valence-electron chi connectivity index (χ4n) is 0.718. The first-order chi connectivity index (χ1) is 4.75. The van der Waals surface area contributed by atoms with Gasteiger partial charge < -0.3 is 4.74 Å². The van der Waals surface area contributed by atoms with Crippen molar-refractivity contribution in [1.82, 2.24) is 0 Å². The molecule has 10 heavy (non-hydrogen) atoms. The zero-order valence-electron chi connectivity index (χ0n) is 5.14. The van der Waals surface area contributed by atoms with Crippen LogP contribution in [0.5, 0.6) is 0 Å². The summed E-state index contributed by atoms with van der Waals surface area (Å²) in [6.45, 7) is 0.399. The van der Waals surface area contributed by atoms with Crippen LogP contribution in [0.25, 0.3) is 0 Å². The number of hydrogen-bond donors (Lipinski definition) is 0. The first-order valence-electron chi connectivity index (χ1n) is 2.83. The molecule has 1 aliphatic carbocycles. The lowest BCUT2D eigenvalue weighted by molar-refractivity contribution is -0.133. The summed E-state index contributed by atoms with van der Waals surface area (Å²) in [5.41, 5.74) is 0.670. The van der Waals surface area contributed by atoms with Crippen molar-refractivity contribution in [2.24, 2.45) is 0 Å². The van der Waals surface area contributed by atoms with Crippen molar-refractivity contribution in [3.63, 3.8) is 0 Å². The lowest BCUT2D eigenvalue weighted by Crippen LogP contribution is -2.12. The van der Waals surface area contributed by atoms with Crippen molar-refractivity contribution in [3.8, 4) is 0 Å². The summed E-state index contributed by atoms with van der Waals surface area (Å²) in [7, 11) is 0. The topological polar surface area (TPSA) is 26.3 Å². The summed E-state index contributed by atoms with van der Waals surface area (Å²) in [6.07, 6.45) is 1.54. The molecule has 0 amide bonds. The molecule has 0 aromatic carbocycles. The molecule has 0 bridgehead atoms. The number of carbonyl (C=O) groups excluding carboxylic acids is 1. The molecule has 0 aromatic rings. The van der Waals surface area contributed by atoms with Crippen LogP contribution in [-0.4, -0.2) is 12.1 Å². The standard InChI is InChI=1S/C6H6Cl2O2/c7-3-5(8)6(1-2-6)10-4-9/h3-4H,1-2H2. The molecular weight excluding hydrogens is 175 g/mol. The van der Waals surface area contributed by atoms with Crippen LogP contribution in [0.1, 0.15) is 12.8 Å². The highest BCUT2D eigenvalue weighted by atomic mass is 35.5. The maximum absolute atomic E-state index is 9.93. The predicted octanol–water partition coefficient (Wildman–Crippen LogP) is 2.01. The van der Waals surface area contributed by atoms with Crippen LogP contribution >= 0.6 is 23.2 Å². The molecule has 0 N–H and O–H groups in total. The van der Waals surface area contributed by atoms with Crippen molar-refractivity contribution in [1.29, 1.82) is 0 Å². The zero-order chi connectivity index (χ0) is 7.61. The average molecular weight is 181 g/mol. The third kappa shape index (κ3) is 1.27. The molecule has 0 unspecified atom stereocenters. The van der Waals surface area contributed by atoms with E-state index in [0.29, 0.717) is 11.5 Å². The third-order valence-corrected chi connectivity index (χ3v) is 2.29. The van der Waals surface area contributed by atoms with Gasteiger partial charge in [-0.25, -0.2) is 0 Å². The Morgan fingerprint density at radius 1 is 1.60 bits per heavy atom. The van der Waals surface area contributed by atoms with Crippen molar-refractivity contribution in [3.05, 3.63) is 10.6 Å². The Balaban J connectivity index is 2.59. The smallest absolute Gasteiger partial charge is 0.294 e. The van der Waals surface area contributed by atoms with E-state index in [1.807, 2.05) is 0 Å². The van der Waals surface area contributed by atoms with Gasteiger partial charge in [-0.1, -0.05) is 23.2 Å². The Morgan fingerprint density at radius 2 is 2.20 bits per heavy atom. The first-order valence-corrected chi connectivity index (χ1v) is 3.64. The Bertz CT molecular complexity index is 173. The zero-order valence-corrected chi connectivity index (χ0v) is 6.65. The van der Waals surface area contributed by atoms with Gasteiger partial charge in [0.05, 0.1) is 5.03 Å². The largest absolute Gasteiger partial charge is 0.455 e. The van der Waals surface area contributed by atoms with Gasteiger partial charge in [0.1, 0.15) is 5.60 Å². The molecule has 0 heterocycles. The highest BCUT2D eigenvalue weighted by Gasteiger charge is 2.48. The molecule has 56 valence electrons. The average Bonchev–Trinajstić information content (AvgIpc) is 2.69. The minimum absolute atomic E-state index is 0.399. The van der Waals surface area contributed by atoms with Gasteiger partial charge in [0.2, 0.25) is 0 Å². The van der Waals surface area contributed by atoms with E-state index in [0.717, 1.165) is 12.8 Å². The van der Waals surface area contributed by atoms with Crippen molar-refractivity contribution >= 4 is 29.7 Å². The molecule has 0 aromatic heterocycles. The fourth-order valence-corrected chi connectivity index (χ4v) is 1.15. The van der Waals surface area contributed by atoms with Crippen LogP contribution in [0.3, 0.4) is 0 Å². The summed E-state index contributed by atoms with van der Waals surface area (Å²) >= 11 is 11.0. The maximum atomic E-state index is 9.93. The van der Waals surface area contributed by atoms with Crippen molar-refractivity contribution in [2.45, 2.75) is 18.4 Å².